The van der Waals surface area contributed by atoms with Crippen molar-refractivity contribution in [2.24, 2.45) is 5.92 Å². The van der Waals surface area contributed by atoms with E-state index in [-0.39, 0.29) is 0 Å². The van der Waals surface area contributed by atoms with Crippen molar-refractivity contribution in [3.05, 3.63) is 16.6 Å². The molecule has 13 heavy (non-hydrogen) atoms. The van der Waals surface area contributed by atoms with Gasteiger partial charge in [0.1, 0.15) is 5.01 Å². The second-order valence-corrected chi connectivity index (χ2v) is 5.68. The van der Waals surface area contributed by atoms with Gasteiger partial charge in [0.15, 0.2) is 0 Å². The van der Waals surface area contributed by atoms with E-state index in [1.54, 1.807) is 17.5 Å². The molecule has 1 aromatic heterocycles. The van der Waals surface area contributed by atoms with Crippen molar-refractivity contribution in [1.29, 1.82) is 0 Å². The molecule has 1 aliphatic rings. The number of rotatable bonds is 4. The minimum Gasteiger partial charge on any atom is -0.316 e. The van der Waals surface area contributed by atoms with Crippen LogP contribution in [-0.4, -0.2) is 28.0 Å². The summed E-state index contributed by atoms with van der Waals surface area (Å²) in [6.45, 7) is 2.06. The highest BCUT2D eigenvalue weighted by Gasteiger charge is 2.19. The van der Waals surface area contributed by atoms with Crippen molar-refractivity contribution >= 4 is 22.1 Å². The van der Waals surface area contributed by atoms with E-state index in [4.69, 9.17) is 0 Å². The quantitative estimate of drug-likeness (QED) is 0.802. The Labute approximate surface area is 84.0 Å². The zero-order chi connectivity index (χ0) is 9.10. The Balaban J connectivity index is 1.78. The summed E-state index contributed by atoms with van der Waals surface area (Å²) in [5.74, 6) is 2.08. The zero-order valence-electron chi connectivity index (χ0n) is 7.23. The van der Waals surface area contributed by atoms with Crippen LogP contribution >= 0.6 is 11.3 Å². The van der Waals surface area contributed by atoms with Crippen LogP contribution in [0.1, 0.15) is 5.01 Å². The smallest absolute Gasteiger partial charge is 0.105 e. The Bertz CT molecular complexity index is 282. The molecule has 0 saturated carbocycles. The van der Waals surface area contributed by atoms with Crippen molar-refractivity contribution in [3.63, 3.8) is 0 Å². The topological polar surface area (TPSA) is 42.0 Å². The van der Waals surface area contributed by atoms with Crippen LogP contribution in [0.5, 0.6) is 0 Å². The van der Waals surface area contributed by atoms with Gasteiger partial charge in [-0.2, -0.15) is 0 Å². The summed E-state index contributed by atoms with van der Waals surface area (Å²) >= 11 is 1.58. The molecule has 1 aliphatic heterocycles. The van der Waals surface area contributed by atoms with Crippen molar-refractivity contribution in [1.82, 2.24) is 10.3 Å². The second-order valence-electron chi connectivity index (χ2n) is 3.20. The van der Waals surface area contributed by atoms with Crippen LogP contribution in [0.3, 0.4) is 0 Å². The molecule has 0 radical (unpaired) electrons. The predicted molar refractivity (Wildman–Crippen MR) is 55.2 cm³/mol. The molecular formula is C8H12N2OS2. The number of nitrogens with one attached hydrogen (secondary N) is 1. The van der Waals surface area contributed by atoms with Crippen LogP contribution in [-0.2, 0) is 16.6 Å². The average molecular weight is 216 g/mol. The van der Waals surface area contributed by atoms with Gasteiger partial charge >= 0.3 is 0 Å². The molecule has 2 heterocycles. The third-order valence-electron chi connectivity index (χ3n) is 2.06. The van der Waals surface area contributed by atoms with Gasteiger partial charge in [-0.1, -0.05) is 0 Å². The van der Waals surface area contributed by atoms with E-state index in [2.05, 4.69) is 10.3 Å². The fourth-order valence-corrected chi connectivity index (χ4v) is 3.55. The molecule has 0 aromatic carbocycles. The van der Waals surface area contributed by atoms with E-state index in [9.17, 15) is 4.21 Å². The Hall–Kier alpha value is -0.260. The lowest BCUT2D eigenvalue weighted by Crippen LogP contribution is -2.44. The number of thiazole rings is 1. The van der Waals surface area contributed by atoms with Gasteiger partial charge in [0, 0.05) is 41.2 Å². The second kappa shape index (κ2) is 4.30. The first kappa shape index (κ1) is 9.30. The summed E-state index contributed by atoms with van der Waals surface area (Å²) in [6, 6.07) is 0. The molecule has 1 fully saturated rings. The average Bonchev–Trinajstić information content (AvgIpc) is 2.49. The fourth-order valence-electron chi connectivity index (χ4n) is 1.25. The summed E-state index contributed by atoms with van der Waals surface area (Å²) in [6.07, 6.45) is 1.77. The number of aromatic nitrogens is 1. The number of hydrogen-bond acceptors (Lipinski definition) is 4. The molecule has 2 rings (SSSR count). The highest BCUT2D eigenvalue weighted by molar-refractivity contribution is 7.84. The van der Waals surface area contributed by atoms with Gasteiger partial charge in [0.05, 0.1) is 5.75 Å². The molecular weight excluding hydrogens is 204 g/mol. The Morgan fingerprint density at radius 2 is 2.54 bits per heavy atom. The zero-order valence-corrected chi connectivity index (χ0v) is 8.87. The first-order valence-corrected chi connectivity index (χ1v) is 6.65. The van der Waals surface area contributed by atoms with Gasteiger partial charge in [-0.25, -0.2) is 4.98 Å². The van der Waals surface area contributed by atoms with Gasteiger partial charge in [-0.15, -0.1) is 11.3 Å². The van der Waals surface area contributed by atoms with E-state index >= 15 is 0 Å². The van der Waals surface area contributed by atoms with Gasteiger partial charge in [-0.3, -0.25) is 4.21 Å². The summed E-state index contributed by atoms with van der Waals surface area (Å²) in [4.78, 5) is 4.12. The van der Waals surface area contributed by atoms with Crippen LogP contribution in [0.15, 0.2) is 11.6 Å². The van der Waals surface area contributed by atoms with E-state index in [0.717, 1.165) is 23.8 Å². The van der Waals surface area contributed by atoms with Gasteiger partial charge < -0.3 is 5.32 Å². The third-order valence-corrected chi connectivity index (χ3v) is 4.46. The number of nitrogens with zero attached hydrogens (tertiary/aromatic N) is 1. The van der Waals surface area contributed by atoms with Crippen LogP contribution in [0.2, 0.25) is 0 Å². The standard InChI is InChI=1S/C8H12N2OS2/c11-13(5-7-3-9-4-7)6-8-10-1-2-12-8/h1-2,7,9H,3-6H2. The molecule has 3 nitrogen and oxygen atoms in total. The van der Waals surface area contributed by atoms with Crippen LogP contribution in [0.25, 0.3) is 0 Å². The monoisotopic (exact) mass is 216 g/mol. The molecule has 0 spiro atoms. The van der Waals surface area contributed by atoms with Crippen molar-refractivity contribution in [2.75, 3.05) is 18.8 Å². The van der Waals surface area contributed by atoms with Crippen LogP contribution in [0, 0.1) is 5.92 Å². The highest BCUT2D eigenvalue weighted by atomic mass is 32.2. The minimum atomic E-state index is -0.720. The maximum atomic E-state index is 11.6. The van der Waals surface area contributed by atoms with Gasteiger partial charge in [0.2, 0.25) is 0 Å². The third kappa shape index (κ3) is 2.59. The largest absolute Gasteiger partial charge is 0.316 e. The molecule has 0 aliphatic carbocycles. The Kier molecular flexibility index (Phi) is 3.08. The first-order chi connectivity index (χ1) is 6.34. The Morgan fingerprint density at radius 1 is 1.69 bits per heavy atom. The van der Waals surface area contributed by atoms with Crippen molar-refractivity contribution in [2.45, 2.75) is 5.75 Å². The van der Waals surface area contributed by atoms with Crippen molar-refractivity contribution < 1.29 is 4.21 Å². The molecule has 1 atom stereocenters. The molecule has 1 N–H and O–H groups in total. The van der Waals surface area contributed by atoms with E-state index < -0.39 is 10.8 Å². The van der Waals surface area contributed by atoms with E-state index in [1.165, 1.54) is 0 Å². The molecule has 5 heteroatoms. The lowest BCUT2D eigenvalue weighted by molar-refractivity contribution is 0.382. The lowest BCUT2D eigenvalue weighted by atomic mass is 10.1. The SMILES string of the molecule is O=S(Cc1nccs1)CC1CNC1. The summed E-state index contributed by atoms with van der Waals surface area (Å²) in [5, 5.41) is 6.10. The molecule has 72 valence electrons. The van der Waals surface area contributed by atoms with E-state index in [1.807, 2.05) is 5.38 Å². The van der Waals surface area contributed by atoms with E-state index in [0.29, 0.717) is 11.7 Å². The molecule has 1 unspecified atom stereocenters. The summed E-state index contributed by atoms with van der Waals surface area (Å²) in [5.41, 5.74) is 0. The van der Waals surface area contributed by atoms with Crippen LogP contribution in [0.4, 0.5) is 0 Å². The molecule has 0 amide bonds. The van der Waals surface area contributed by atoms with Crippen LogP contribution < -0.4 is 5.32 Å². The van der Waals surface area contributed by atoms with Gasteiger partial charge in [0.25, 0.3) is 0 Å². The first-order valence-electron chi connectivity index (χ1n) is 4.28. The molecule has 0 bridgehead atoms. The normalized spacial score (nSPS) is 19.7. The Morgan fingerprint density at radius 3 is 3.08 bits per heavy atom. The lowest BCUT2D eigenvalue weighted by Gasteiger charge is -2.26. The highest BCUT2D eigenvalue weighted by Crippen LogP contribution is 2.11. The minimum absolute atomic E-state index is 0.626. The maximum Gasteiger partial charge on any atom is 0.105 e. The van der Waals surface area contributed by atoms with Gasteiger partial charge in [-0.05, 0) is 5.92 Å². The fraction of sp³-hybridized carbons (Fsp3) is 0.625. The molecule has 1 saturated heterocycles. The number of hydrogen-bond donors (Lipinski definition) is 1. The maximum absolute atomic E-state index is 11.6. The predicted octanol–water partition coefficient (Wildman–Crippen LogP) is 0.611. The van der Waals surface area contributed by atoms with Crippen molar-refractivity contribution in [3.8, 4) is 0 Å². The molecule has 1 aromatic rings. The summed E-state index contributed by atoms with van der Waals surface area (Å²) < 4.78 is 11.6. The summed E-state index contributed by atoms with van der Waals surface area (Å²) in [7, 11) is -0.720.